The highest BCUT2D eigenvalue weighted by Gasteiger charge is 2.17. The molecule has 2 rings (SSSR count). The van der Waals surface area contributed by atoms with Gasteiger partial charge in [-0.1, -0.05) is 30.5 Å². The molecule has 0 bridgehead atoms. The number of benzene rings is 1. The first-order chi connectivity index (χ1) is 11.9. The molecule has 1 aliphatic carbocycles. The highest BCUT2D eigenvalue weighted by molar-refractivity contribution is 6.39. The first kappa shape index (κ1) is 18.6. The fraction of sp³-hybridized carbons (Fsp3) is 0.444. The molecule has 0 spiro atoms. The van der Waals surface area contributed by atoms with Gasteiger partial charge in [-0.25, -0.2) is 5.43 Å². The maximum atomic E-state index is 11.9. The smallest absolute Gasteiger partial charge is 0.329 e. The van der Waals surface area contributed by atoms with Crippen LogP contribution in [0.3, 0.4) is 0 Å². The number of rotatable bonds is 5. The molecule has 0 unspecified atom stereocenters. The lowest BCUT2D eigenvalue weighted by molar-refractivity contribution is -0.136. The third kappa shape index (κ3) is 6.37. The summed E-state index contributed by atoms with van der Waals surface area (Å²) in [6, 6.07) is 7.33. The molecule has 0 aliphatic heterocycles. The lowest BCUT2D eigenvalue weighted by Crippen LogP contribution is -2.35. The molecule has 0 heterocycles. The minimum atomic E-state index is -0.879. The summed E-state index contributed by atoms with van der Waals surface area (Å²) in [5.74, 6) is -1.81. The van der Waals surface area contributed by atoms with Crippen LogP contribution >= 0.6 is 0 Å². The lowest BCUT2D eigenvalue weighted by atomic mass is 10.2. The summed E-state index contributed by atoms with van der Waals surface area (Å²) in [6.45, 7) is 3.56. The largest absolute Gasteiger partial charge is 0.353 e. The molecule has 3 N–H and O–H groups in total. The number of carbonyl (C=O) groups excluding carboxylic acids is 3. The van der Waals surface area contributed by atoms with Gasteiger partial charge in [-0.2, -0.15) is 5.10 Å². The van der Waals surface area contributed by atoms with Gasteiger partial charge in [0.05, 0.1) is 6.42 Å². The molecule has 0 radical (unpaired) electrons. The molecule has 7 heteroatoms. The standard InChI is InChI=1S/C18H24N4O3/c1-12-7-9-15(10-8-12)20-17(24)18(25)22-21-13(2)11-16(23)19-14-5-3-4-6-14/h7-10,14H,3-6,11H2,1-2H3,(H,19,23)(H,20,24)(H,22,25)/b21-13+. The zero-order valence-electron chi connectivity index (χ0n) is 14.6. The molecule has 0 saturated heterocycles. The SMILES string of the molecule is C/C(CC(=O)NC1CCCC1)=N\NC(=O)C(=O)Nc1ccc(C)cc1. The summed E-state index contributed by atoms with van der Waals surface area (Å²) in [4.78, 5) is 35.4. The molecule has 0 aromatic heterocycles. The molecule has 1 aromatic carbocycles. The van der Waals surface area contributed by atoms with E-state index in [4.69, 9.17) is 0 Å². The Kier molecular flexibility index (Phi) is 6.68. The van der Waals surface area contributed by atoms with Crippen molar-refractivity contribution in [1.29, 1.82) is 0 Å². The van der Waals surface area contributed by atoms with Crippen molar-refractivity contribution < 1.29 is 14.4 Å². The normalized spacial score (nSPS) is 14.9. The predicted molar refractivity (Wildman–Crippen MR) is 96.1 cm³/mol. The number of hydrogen-bond acceptors (Lipinski definition) is 4. The van der Waals surface area contributed by atoms with E-state index in [-0.39, 0.29) is 18.4 Å². The highest BCUT2D eigenvalue weighted by atomic mass is 16.2. The number of carbonyl (C=O) groups is 3. The first-order valence-corrected chi connectivity index (χ1v) is 8.44. The van der Waals surface area contributed by atoms with E-state index in [1.165, 1.54) is 0 Å². The van der Waals surface area contributed by atoms with E-state index in [1.807, 2.05) is 19.1 Å². The number of aryl methyl sites for hydroxylation is 1. The summed E-state index contributed by atoms with van der Waals surface area (Å²) in [6.07, 6.45) is 4.40. The van der Waals surface area contributed by atoms with Gasteiger partial charge in [0.15, 0.2) is 0 Å². The zero-order chi connectivity index (χ0) is 18.2. The van der Waals surface area contributed by atoms with Crippen molar-refractivity contribution in [2.24, 2.45) is 5.10 Å². The number of hydrogen-bond donors (Lipinski definition) is 3. The molecule has 134 valence electrons. The summed E-state index contributed by atoms with van der Waals surface area (Å²) in [7, 11) is 0. The molecule has 25 heavy (non-hydrogen) atoms. The van der Waals surface area contributed by atoms with E-state index in [0.29, 0.717) is 11.4 Å². The Morgan fingerprint density at radius 1 is 1.08 bits per heavy atom. The van der Waals surface area contributed by atoms with Gasteiger partial charge < -0.3 is 10.6 Å². The maximum Gasteiger partial charge on any atom is 0.329 e. The predicted octanol–water partition coefficient (Wildman–Crippen LogP) is 1.87. The van der Waals surface area contributed by atoms with Crippen molar-refractivity contribution in [1.82, 2.24) is 10.7 Å². The van der Waals surface area contributed by atoms with Gasteiger partial charge >= 0.3 is 11.8 Å². The number of anilines is 1. The van der Waals surface area contributed by atoms with Gasteiger partial charge in [-0.05, 0) is 38.8 Å². The van der Waals surface area contributed by atoms with Crippen LogP contribution in [0.1, 0.15) is 44.6 Å². The second-order valence-electron chi connectivity index (χ2n) is 6.33. The average Bonchev–Trinajstić information content (AvgIpc) is 3.07. The van der Waals surface area contributed by atoms with Crippen LogP contribution in [0.25, 0.3) is 0 Å². The average molecular weight is 344 g/mol. The molecular formula is C18H24N4O3. The van der Waals surface area contributed by atoms with Crippen molar-refractivity contribution in [3.05, 3.63) is 29.8 Å². The summed E-state index contributed by atoms with van der Waals surface area (Å²) >= 11 is 0. The Labute approximate surface area is 147 Å². The van der Waals surface area contributed by atoms with Crippen LogP contribution in [-0.4, -0.2) is 29.5 Å². The molecule has 7 nitrogen and oxygen atoms in total. The summed E-state index contributed by atoms with van der Waals surface area (Å²) in [5, 5.41) is 9.24. The van der Waals surface area contributed by atoms with Gasteiger partial charge in [0.1, 0.15) is 0 Å². The third-order valence-corrected chi connectivity index (χ3v) is 4.00. The van der Waals surface area contributed by atoms with Crippen LogP contribution in [0.4, 0.5) is 5.69 Å². The van der Waals surface area contributed by atoms with Crippen LogP contribution < -0.4 is 16.1 Å². The highest BCUT2D eigenvalue weighted by Crippen LogP contribution is 2.17. The van der Waals surface area contributed by atoms with E-state index >= 15 is 0 Å². The quantitative estimate of drug-likeness (QED) is 0.432. The van der Waals surface area contributed by atoms with Gasteiger partial charge in [-0.15, -0.1) is 0 Å². The van der Waals surface area contributed by atoms with E-state index < -0.39 is 11.8 Å². The number of nitrogens with zero attached hydrogens (tertiary/aromatic N) is 1. The van der Waals surface area contributed by atoms with E-state index in [1.54, 1.807) is 19.1 Å². The number of hydrazone groups is 1. The summed E-state index contributed by atoms with van der Waals surface area (Å²) in [5.41, 5.74) is 4.19. The van der Waals surface area contributed by atoms with Crippen LogP contribution in [0.5, 0.6) is 0 Å². The Morgan fingerprint density at radius 3 is 2.36 bits per heavy atom. The van der Waals surface area contributed by atoms with Gasteiger partial charge in [0.2, 0.25) is 5.91 Å². The second-order valence-corrected chi connectivity index (χ2v) is 6.33. The molecular weight excluding hydrogens is 320 g/mol. The monoisotopic (exact) mass is 344 g/mol. The van der Waals surface area contributed by atoms with Gasteiger partial charge in [0, 0.05) is 17.4 Å². The van der Waals surface area contributed by atoms with E-state index in [2.05, 4.69) is 21.2 Å². The van der Waals surface area contributed by atoms with Crippen LogP contribution in [0.2, 0.25) is 0 Å². The Morgan fingerprint density at radius 2 is 1.72 bits per heavy atom. The Hall–Kier alpha value is -2.70. The maximum absolute atomic E-state index is 11.9. The molecule has 1 fully saturated rings. The fourth-order valence-electron chi connectivity index (χ4n) is 2.64. The van der Waals surface area contributed by atoms with E-state index in [0.717, 1.165) is 31.2 Å². The molecule has 3 amide bonds. The van der Waals surface area contributed by atoms with Crippen molar-refractivity contribution in [3.63, 3.8) is 0 Å². The Balaban J connectivity index is 1.76. The fourth-order valence-corrected chi connectivity index (χ4v) is 2.64. The van der Waals surface area contributed by atoms with Crippen molar-refractivity contribution in [2.75, 3.05) is 5.32 Å². The Bertz CT molecular complexity index is 661. The van der Waals surface area contributed by atoms with E-state index in [9.17, 15) is 14.4 Å². The third-order valence-electron chi connectivity index (χ3n) is 4.00. The second kappa shape index (κ2) is 8.96. The van der Waals surface area contributed by atoms with Crippen molar-refractivity contribution in [2.45, 2.75) is 52.0 Å². The lowest BCUT2D eigenvalue weighted by Gasteiger charge is -2.11. The molecule has 0 atom stereocenters. The number of nitrogens with one attached hydrogen (secondary N) is 3. The topological polar surface area (TPSA) is 99.7 Å². The first-order valence-electron chi connectivity index (χ1n) is 8.44. The van der Waals surface area contributed by atoms with Crippen molar-refractivity contribution >= 4 is 29.1 Å². The summed E-state index contributed by atoms with van der Waals surface area (Å²) < 4.78 is 0. The molecule has 1 aliphatic rings. The van der Waals surface area contributed by atoms with Gasteiger partial charge in [-0.3, -0.25) is 14.4 Å². The van der Waals surface area contributed by atoms with Crippen LogP contribution in [0, 0.1) is 6.92 Å². The molecule has 1 aromatic rings. The zero-order valence-corrected chi connectivity index (χ0v) is 14.6. The van der Waals surface area contributed by atoms with Crippen molar-refractivity contribution in [3.8, 4) is 0 Å². The van der Waals surface area contributed by atoms with Crippen LogP contribution in [0.15, 0.2) is 29.4 Å². The minimum Gasteiger partial charge on any atom is -0.353 e. The number of amides is 3. The minimum absolute atomic E-state index is 0.0936. The van der Waals surface area contributed by atoms with Crippen LogP contribution in [-0.2, 0) is 14.4 Å². The molecule has 1 saturated carbocycles. The van der Waals surface area contributed by atoms with Gasteiger partial charge in [0.25, 0.3) is 0 Å².